The number of hydrogen-bond acceptors (Lipinski definition) is 7. The van der Waals surface area contributed by atoms with Gasteiger partial charge in [-0.15, -0.1) is 11.3 Å². The highest BCUT2D eigenvalue weighted by Crippen LogP contribution is 2.40. The number of hydrogen-bond donors (Lipinski definition) is 2. The summed E-state index contributed by atoms with van der Waals surface area (Å²) >= 11 is 1.17. The number of nitrogens with one attached hydrogen (secondary N) is 1. The molecule has 2 aromatic carbocycles. The van der Waals surface area contributed by atoms with Crippen LogP contribution in [0.3, 0.4) is 0 Å². The Kier molecular flexibility index (Phi) is 5.34. The lowest BCUT2D eigenvalue weighted by Crippen LogP contribution is -2.05. The van der Waals surface area contributed by atoms with E-state index in [1.807, 2.05) is 6.07 Å². The molecule has 0 aliphatic heterocycles. The van der Waals surface area contributed by atoms with Crippen molar-refractivity contribution in [3.05, 3.63) is 63.5 Å². The van der Waals surface area contributed by atoms with Gasteiger partial charge in [0.1, 0.15) is 33.0 Å². The molecule has 4 rings (SSSR count). The first-order valence-corrected chi connectivity index (χ1v) is 10.3. The van der Waals surface area contributed by atoms with Crippen LogP contribution >= 0.6 is 11.3 Å². The number of nitrogens with two attached hydrogens (primary N) is 1. The van der Waals surface area contributed by atoms with Gasteiger partial charge in [-0.25, -0.2) is 0 Å². The first-order valence-electron chi connectivity index (χ1n) is 9.53. The minimum Gasteiger partial charge on any atom is -0.497 e. The van der Waals surface area contributed by atoms with Crippen LogP contribution < -0.4 is 20.5 Å². The molecule has 0 amide bonds. The minimum atomic E-state index is -0.313. The second kappa shape index (κ2) is 8.09. The molecular weight excluding hydrogens is 398 g/mol. The summed E-state index contributed by atoms with van der Waals surface area (Å²) in [7, 11) is 3.03. The number of nitriles is 1. The maximum absolute atomic E-state index is 13.3. The number of nitrogen functional groups attached to an aromatic ring is 1. The van der Waals surface area contributed by atoms with E-state index in [1.54, 1.807) is 18.2 Å². The lowest BCUT2D eigenvalue weighted by Gasteiger charge is -2.09. The number of ether oxygens (including phenoxy) is 2. The van der Waals surface area contributed by atoms with Crippen molar-refractivity contribution in [3.8, 4) is 17.6 Å². The summed E-state index contributed by atoms with van der Waals surface area (Å²) in [5.74, 6) is 0.637. The second-order valence-electron chi connectivity index (χ2n) is 7.02. The fourth-order valence-electron chi connectivity index (χ4n) is 3.71. The van der Waals surface area contributed by atoms with Crippen LogP contribution in [0.2, 0.25) is 0 Å². The number of thiophene rings is 1. The molecule has 0 unspecified atom stereocenters. The van der Waals surface area contributed by atoms with E-state index in [1.165, 1.54) is 36.7 Å². The molecule has 7 heteroatoms. The summed E-state index contributed by atoms with van der Waals surface area (Å²) in [5.41, 5.74) is 10.6. The van der Waals surface area contributed by atoms with Crippen LogP contribution in [-0.4, -0.2) is 20.0 Å². The lowest BCUT2D eigenvalue weighted by atomic mass is 10.1. The third kappa shape index (κ3) is 3.46. The number of rotatable bonds is 6. The molecule has 0 radical (unpaired) electrons. The molecule has 0 bridgehead atoms. The molecule has 0 fully saturated rings. The Morgan fingerprint density at radius 2 is 1.93 bits per heavy atom. The average molecular weight is 420 g/mol. The first-order chi connectivity index (χ1) is 14.5. The standard InChI is InChI=1S/C23H21N3O3S/c1-28-16-8-9-19(29-2)17(11-16)21(27)22-20(25)18(12-24)23(30-22)26-15-7-6-13-4-3-5-14(13)10-15/h6-11,26H,3-5,25H2,1-2H3. The highest BCUT2D eigenvalue weighted by atomic mass is 32.1. The SMILES string of the molecule is COc1ccc(OC)c(C(=O)c2sc(Nc3ccc4c(c3)CCC4)c(C#N)c2N)c1. The van der Waals surface area contributed by atoms with Gasteiger partial charge in [-0.2, -0.15) is 5.26 Å². The van der Waals surface area contributed by atoms with E-state index in [2.05, 4.69) is 23.5 Å². The molecule has 1 heterocycles. The third-order valence-electron chi connectivity index (χ3n) is 5.27. The van der Waals surface area contributed by atoms with Crippen LogP contribution in [0, 0.1) is 11.3 Å². The molecule has 152 valence electrons. The number of methoxy groups -OCH3 is 2. The maximum atomic E-state index is 13.3. The van der Waals surface area contributed by atoms with Crippen molar-refractivity contribution in [2.24, 2.45) is 0 Å². The molecule has 6 nitrogen and oxygen atoms in total. The molecule has 30 heavy (non-hydrogen) atoms. The molecule has 0 spiro atoms. The summed E-state index contributed by atoms with van der Waals surface area (Å²) in [6, 6.07) is 13.3. The van der Waals surface area contributed by atoms with Crippen molar-refractivity contribution in [2.45, 2.75) is 19.3 Å². The molecule has 1 aromatic heterocycles. The zero-order valence-electron chi connectivity index (χ0n) is 16.7. The summed E-state index contributed by atoms with van der Waals surface area (Å²) < 4.78 is 10.6. The van der Waals surface area contributed by atoms with Crippen molar-refractivity contribution in [1.82, 2.24) is 0 Å². The number of benzene rings is 2. The molecule has 0 saturated carbocycles. The number of carbonyl (C=O) groups excluding carboxylic acids is 1. The zero-order chi connectivity index (χ0) is 21.3. The molecular formula is C23H21N3O3S. The number of aryl methyl sites for hydroxylation is 2. The predicted octanol–water partition coefficient (Wildman–Crippen LogP) is 4.68. The van der Waals surface area contributed by atoms with Crippen LogP contribution in [0.15, 0.2) is 36.4 Å². The largest absolute Gasteiger partial charge is 0.497 e. The molecule has 0 saturated heterocycles. The van der Waals surface area contributed by atoms with E-state index in [9.17, 15) is 10.1 Å². The van der Waals surface area contributed by atoms with Gasteiger partial charge in [0.05, 0.1) is 25.5 Å². The Balaban J connectivity index is 1.72. The van der Waals surface area contributed by atoms with Crippen LogP contribution in [0.5, 0.6) is 11.5 Å². The minimum absolute atomic E-state index is 0.168. The average Bonchev–Trinajstić information content (AvgIpc) is 3.36. The Morgan fingerprint density at radius 3 is 2.67 bits per heavy atom. The zero-order valence-corrected chi connectivity index (χ0v) is 17.6. The fraction of sp³-hybridized carbons (Fsp3) is 0.217. The Labute approximate surface area is 178 Å². The first kappa shape index (κ1) is 19.8. The monoisotopic (exact) mass is 419 g/mol. The molecule has 0 atom stereocenters. The van der Waals surface area contributed by atoms with E-state index in [0.29, 0.717) is 26.9 Å². The third-order valence-corrected chi connectivity index (χ3v) is 6.39. The second-order valence-corrected chi connectivity index (χ2v) is 8.04. The van der Waals surface area contributed by atoms with Crippen LogP contribution in [0.1, 0.15) is 38.3 Å². The number of nitrogens with zero attached hydrogens (tertiary/aromatic N) is 1. The van der Waals surface area contributed by atoms with Gasteiger partial charge in [-0.3, -0.25) is 4.79 Å². The van der Waals surface area contributed by atoms with Gasteiger partial charge < -0.3 is 20.5 Å². The van der Waals surface area contributed by atoms with Crippen molar-refractivity contribution in [1.29, 1.82) is 5.26 Å². The van der Waals surface area contributed by atoms with Crippen molar-refractivity contribution in [3.63, 3.8) is 0 Å². The van der Waals surface area contributed by atoms with Gasteiger partial charge in [0.15, 0.2) is 0 Å². The van der Waals surface area contributed by atoms with Gasteiger partial charge in [-0.05, 0) is 60.7 Å². The smallest absolute Gasteiger partial charge is 0.209 e. The predicted molar refractivity (Wildman–Crippen MR) is 118 cm³/mol. The van der Waals surface area contributed by atoms with E-state index >= 15 is 0 Å². The van der Waals surface area contributed by atoms with Gasteiger partial charge in [0.25, 0.3) is 0 Å². The van der Waals surface area contributed by atoms with Crippen LogP contribution in [0.4, 0.5) is 16.4 Å². The van der Waals surface area contributed by atoms with Crippen molar-refractivity contribution in [2.75, 3.05) is 25.3 Å². The molecule has 3 aromatic rings. The van der Waals surface area contributed by atoms with Gasteiger partial charge in [0, 0.05) is 5.69 Å². The molecule has 3 N–H and O–H groups in total. The number of carbonyl (C=O) groups is 1. The maximum Gasteiger partial charge on any atom is 0.209 e. The Hall–Kier alpha value is -3.50. The summed E-state index contributed by atoms with van der Waals surface area (Å²) in [6.07, 6.45) is 3.32. The van der Waals surface area contributed by atoms with Crippen LogP contribution in [-0.2, 0) is 12.8 Å². The summed E-state index contributed by atoms with van der Waals surface area (Å²) in [4.78, 5) is 13.6. The summed E-state index contributed by atoms with van der Waals surface area (Å²) in [5, 5.41) is 13.5. The highest BCUT2D eigenvalue weighted by Gasteiger charge is 2.25. The summed E-state index contributed by atoms with van der Waals surface area (Å²) in [6.45, 7) is 0. The van der Waals surface area contributed by atoms with E-state index in [0.717, 1.165) is 24.9 Å². The van der Waals surface area contributed by atoms with E-state index < -0.39 is 0 Å². The number of fused-ring (bicyclic) bond motifs is 1. The van der Waals surface area contributed by atoms with Crippen molar-refractivity contribution < 1.29 is 14.3 Å². The normalized spacial score (nSPS) is 12.2. The quantitative estimate of drug-likeness (QED) is 0.563. The molecule has 1 aliphatic carbocycles. The topological polar surface area (TPSA) is 97.4 Å². The van der Waals surface area contributed by atoms with Gasteiger partial charge in [-0.1, -0.05) is 6.07 Å². The molecule has 1 aliphatic rings. The lowest BCUT2D eigenvalue weighted by molar-refractivity contribution is 0.104. The van der Waals surface area contributed by atoms with Crippen LogP contribution in [0.25, 0.3) is 0 Å². The fourth-order valence-corrected chi connectivity index (χ4v) is 4.75. The van der Waals surface area contributed by atoms with Gasteiger partial charge >= 0.3 is 0 Å². The highest BCUT2D eigenvalue weighted by molar-refractivity contribution is 7.19. The van der Waals surface area contributed by atoms with Crippen molar-refractivity contribution >= 4 is 33.5 Å². The Morgan fingerprint density at radius 1 is 1.13 bits per heavy atom. The van der Waals surface area contributed by atoms with E-state index in [-0.39, 0.29) is 17.0 Å². The number of anilines is 3. The number of ketones is 1. The van der Waals surface area contributed by atoms with E-state index in [4.69, 9.17) is 15.2 Å². The Bertz CT molecular complexity index is 1180. The van der Waals surface area contributed by atoms with Gasteiger partial charge in [0.2, 0.25) is 5.78 Å².